The highest BCUT2D eigenvalue weighted by molar-refractivity contribution is 8.77. The lowest BCUT2D eigenvalue weighted by Crippen LogP contribution is -2.62. The molecule has 39 nitrogen and oxygen atoms in total. The summed E-state index contributed by atoms with van der Waals surface area (Å²) in [7, 11) is 2.00. The zero-order valence-electron chi connectivity index (χ0n) is 56.7. The average Bonchev–Trinajstić information content (AvgIpc) is 1.03. The van der Waals surface area contributed by atoms with Gasteiger partial charge in [0.05, 0.1) is 36.6 Å². The summed E-state index contributed by atoms with van der Waals surface area (Å²) in [6.07, 6.45) is 2.73. The van der Waals surface area contributed by atoms with Gasteiger partial charge in [-0.25, -0.2) is 9.78 Å². The Kier molecular flexibility index (Phi) is 34.2. The summed E-state index contributed by atoms with van der Waals surface area (Å²) in [5, 5.41) is 47.5. The summed E-state index contributed by atoms with van der Waals surface area (Å²) in [5.74, 6) is -14.6. The van der Waals surface area contributed by atoms with Gasteiger partial charge in [-0.05, 0) is 80.5 Å². The Morgan fingerprint density at radius 2 is 1.11 bits per heavy atom. The van der Waals surface area contributed by atoms with E-state index in [2.05, 4.69) is 83.1 Å². The molecular weight excluding hydrogens is 1380 g/mol. The highest BCUT2D eigenvalue weighted by Crippen LogP contribution is 2.48. The number of hydrogen-bond acceptors (Lipinski definition) is 20. The number of guanidine groups is 4. The molecule has 1 aliphatic heterocycles. The van der Waals surface area contributed by atoms with Crippen LogP contribution in [0.15, 0.2) is 75.0 Å². The van der Waals surface area contributed by atoms with E-state index in [-0.39, 0.29) is 127 Å². The molecule has 9 atom stereocenters. The van der Waals surface area contributed by atoms with Gasteiger partial charge >= 0.3 is 11.9 Å². The highest BCUT2D eigenvalue weighted by atomic mass is 33.1. The fourth-order valence-electron chi connectivity index (χ4n) is 11.0. The van der Waals surface area contributed by atoms with Crippen molar-refractivity contribution in [2.24, 2.45) is 71.6 Å². The third-order valence-corrected chi connectivity index (χ3v) is 19.6. The third-order valence-electron chi connectivity index (χ3n) is 16.3. The van der Waals surface area contributed by atoms with Gasteiger partial charge < -0.3 is 120 Å². The molecule has 31 N–H and O–H groups in total. The summed E-state index contributed by atoms with van der Waals surface area (Å²) in [4.78, 5) is 193. The number of imidazole rings is 1. The highest BCUT2D eigenvalue weighted by Gasteiger charge is 2.47. The van der Waals surface area contributed by atoms with Crippen molar-refractivity contribution in [3.8, 4) is 0 Å². The Hall–Kier alpha value is -10.7. The summed E-state index contributed by atoms with van der Waals surface area (Å²) in [6, 6.07) is -2.03. The Morgan fingerprint density at radius 1 is 0.592 bits per heavy atom. The SMILES string of the molecule is NC(N)=NCCC[C@H](NC(=O)[C@@H]1CSSC2(CCCCC2)C(NC(=O)[C@@H](N)CCCN=C(N)N)C(=O)NCC(=O)N[C@@H](Cc2cnc[nH]2)C(=O)N[C@@H](CCCN=C(N)N)C(=O)NCC(=O)N[C@@H](CC(=O)O)C(=O)N[C@@H](Cc2ccc3ccccc3c2)C(=O)N[C@@H](CCCN=C(N)N)C(=O)N1)C(=O)O. The van der Waals surface area contributed by atoms with Crippen LogP contribution in [-0.4, -0.2) is 219 Å². The number of benzene rings is 2. The topological polar surface area (TPSA) is 678 Å². The molecule has 1 saturated heterocycles. The molecule has 41 heteroatoms. The normalized spacial score (nSPS) is 21.3. The minimum atomic E-state index is -1.95. The van der Waals surface area contributed by atoms with E-state index in [0.29, 0.717) is 35.9 Å². The number of nitrogens with one attached hydrogen (secondary N) is 11. The van der Waals surface area contributed by atoms with Crippen LogP contribution in [0.3, 0.4) is 0 Å². The maximum absolute atomic E-state index is 15.1. The van der Waals surface area contributed by atoms with Crippen LogP contribution in [0.2, 0.25) is 0 Å². The summed E-state index contributed by atoms with van der Waals surface area (Å²) >= 11 is 0. The number of carboxylic acids is 2. The number of carboxylic acid groups (broad SMARTS) is 2. The van der Waals surface area contributed by atoms with Crippen LogP contribution in [0.4, 0.5) is 0 Å². The Morgan fingerprint density at radius 3 is 1.67 bits per heavy atom. The second-order valence-corrected chi connectivity index (χ2v) is 27.2. The molecule has 3 aromatic rings. The average molecular weight is 1480 g/mol. The number of rotatable bonds is 27. The molecule has 1 aliphatic carbocycles. The lowest BCUT2D eigenvalue weighted by atomic mass is 9.82. The maximum atomic E-state index is 15.1. The first-order valence-corrected chi connectivity index (χ1v) is 35.5. The number of aliphatic imine (C=N–C) groups is 4. The first kappa shape index (κ1) is 83.0. The van der Waals surface area contributed by atoms with E-state index < -0.39 is 155 Å². The number of amides is 10. The molecule has 10 amide bonds. The van der Waals surface area contributed by atoms with E-state index in [1.165, 1.54) is 12.5 Å². The van der Waals surface area contributed by atoms with Gasteiger partial charge in [-0.1, -0.05) is 83.3 Å². The quantitative estimate of drug-likeness (QED) is 0.0146. The monoisotopic (exact) mass is 1480 g/mol. The number of fused-ring (bicyclic) bond motifs is 1. The minimum Gasteiger partial charge on any atom is -0.481 e. The molecule has 1 aromatic heterocycles. The molecule has 1 unspecified atom stereocenters. The Bertz CT molecular complexity index is 3540. The molecule has 0 radical (unpaired) electrons. The van der Waals surface area contributed by atoms with Crippen LogP contribution < -0.4 is 105 Å². The molecule has 0 bridgehead atoms. The standard InChI is InChI=1S/C62H95N25O14S2/c63-37(12-6-20-73-58(64)65)49(92)87-48-56(99)78-30-46(89)80-42(26-36-28-72-32-79-36)53(96)82-38(13-7-21-74-59(66)67)50(93)77-29-45(88)81-43(27-47(90)91)54(97)85-41(25-33-16-17-34-10-2-3-11-35(34)24-33)52(95)83-39(14-8-22-75-60(68)69)51(94)86-44(31-102-103-62(48)18-4-1-5-19-62)55(98)84-40(57(100)101)15-9-23-76-61(70)71/h2-3,10-11,16-17,24,28,32,37-44,48H,1,4-9,12-15,18-23,25-27,29-31,63H2,(H,72,79)(H,77,93)(H,78,99)(H,80,89)(H,81,88)(H,82,96)(H,83,95)(H,84,98)(H,85,97)(H,86,94)(H,87,92)(H,90,91)(H,100,101)(H4,64,65,73)(H4,66,67,74)(H4,68,69,75)(H4,70,71,76)/t37-,38-,39-,40-,41-,42-,43-,44-,48?/m0/s1. The summed E-state index contributed by atoms with van der Waals surface area (Å²) in [5.41, 5.74) is 51.6. The van der Waals surface area contributed by atoms with Crippen molar-refractivity contribution in [1.82, 2.24) is 63.1 Å². The number of nitrogens with two attached hydrogens (primary N) is 9. The molecule has 564 valence electrons. The van der Waals surface area contributed by atoms with E-state index in [1.54, 1.807) is 36.4 Å². The van der Waals surface area contributed by atoms with Crippen molar-refractivity contribution in [2.75, 3.05) is 45.0 Å². The van der Waals surface area contributed by atoms with E-state index in [1.807, 2.05) is 6.07 Å². The maximum Gasteiger partial charge on any atom is 0.326 e. The Labute approximate surface area is 600 Å². The second-order valence-electron chi connectivity index (χ2n) is 24.4. The summed E-state index contributed by atoms with van der Waals surface area (Å²) in [6.45, 7) is -1.83. The lowest BCUT2D eigenvalue weighted by molar-refractivity contribution is -0.142. The lowest BCUT2D eigenvalue weighted by Gasteiger charge is -2.42. The zero-order chi connectivity index (χ0) is 75.6. The van der Waals surface area contributed by atoms with Gasteiger partial charge in [0, 0.05) is 56.7 Å². The number of carbonyl (C=O) groups is 12. The predicted octanol–water partition coefficient (Wildman–Crippen LogP) is -6.34. The van der Waals surface area contributed by atoms with Crippen molar-refractivity contribution in [3.05, 3.63) is 66.2 Å². The number of aromatic nitrogens is 2. The number of H-pyrrole nitrogens is 1. The van der Waals surface area contributed by atoms with E-state index >= 15 is 14.4 Å². The fourth-order valence-corrected chi connectivity index (χ4v) is 14.5. The minimum absolute atomic E-state index is 0.0182. The number of aromatic amines is 1. The van der Waals surface area contributed by atoms with E-state index in [4.69, 9.17) is 51.6 Å². The predicted molar refractivity (Wildman–Crippen MR) is 385 cm³/mol. The van der Waals surface area contributed by atoms with Gasteiger partial charge in [0.15, 0.2) is 23.8 Å². The van der Waals surface area contributed by atoms with Gasteiger partial charge in [0.25, 0.3) is 0 Å². The molecule has 2 heterocycles. The van der Waals surface area contributed by atoms with Crippen LogP contribution in [0.1, 0.15) is 101 Å². The first-order valence-electron chi connectivity index (χ1n) is 33.2. The van der Waals surface area contributed by atoms with Crippen LogP contribution >= 0.6 is 21.6 Å². The van der Waals surface area contributed by atoms with Gasteiger partial charge in [0.1, 0.15) is 48.3 Å². The molecule has 5 rings (SSSR count). The van der Waals surface area contributed by atoms with Gasteiger partial charge in [-0.15, -0.1) is 0 Å². The van der Waals surface area contributed by atoms with Crippen LogP contribution in [0, 0.1) is 0 Å². The smallest absolute Gasteiger partial charge is 0.326 e. The van der Waals surface area contributed by atoms with Crippen molar-refractivity contribution < 1.29 is 67.7 Å². The summed E-state index contributed by atoms with van der Waals surface area (Å²) < 4.78 is -1.31. The molecule has 1 spiro atoms. The van der Waals surface area contributed by atoms with Gasteiger partial charge in [0.2, 0.25) is 59.1 Å². The van der Waals surface area contributed by atoms with Crippen molar-refractivity contribution in [3.63, 3.8) is 0 Å². The van der Waals surface area contributed by atoms with Crippen LogP contribution in [-0.2, 0) is 70.4 Å². The number of hydrogen-bond donors (Lipinski definition) is 22. The second kappa shape index (κ2) is 42.5. The third kappa shape index (κ3) is 29.4. The first-order chi connectivity index (χ1) is 49.0. The molecule has 2 aromatic carbocycles. The van der Waals surface area contributed by atoms with Crippen molar-refractivity contribution >= 4 is 127 Å². The van der Waals surface area contributed by atoms with Crippen LogP contribution in [0.25, 0.3) is 10.8 Å². The number of aliphatic carboxylic acids is 2. The zero-order valence-corrected chi connectivity index (χ0v) is 58.3. The van der Waals surface area contributed by atoms with Crippen LogP contribution in [0.5, 0.6) is 0 Å². The molecule has 2 aliphatic rings. The van der Waals surface area contributed by atoms with E-state index in [9.17, 15) is 53.4 Å². The molecule has 1 saturated carbocycles. The van der Waals surface area contributed by atoms with Crippen molar-refractivity contribution in [2.45, 2.75) is 162 Å². The van der Waals surface area contributed by atoms with Gasteiger partial charge in [-0.2, -0.15) is 0 Å². The molecule has 103 heavy (non-hydrogen) atoms. The largest absolute Gasteiger partial charge is 0.481 e. The number of nitrogens with zero attached hydrogens (tertiary/aromatic N) is 5. The molecule has 2 fully saturated rings. The Balaban J connectivity index is 1.67. The van der Waals surface area contributed by atoms with Crippen molar-refractivity contribution in [1.29, 1.82) is 0 Å². The number of carbonyl (C=O) groups excluding carboxylic acids is 10. The molecular formula is C62H95N25O14S2. The van der Waals surface area contributed by atoms with Gasteiger partial charge in [-0.3, -0.25) is 72.7 Å². The van der Waals surface area contributed by atoms with E-state index in [0.717, 1.165) is 27.0 Å². The fraction of sp³-hybridized carbons (Fsp3) is 0.532.